The van der Waals surface area contributed by atoms with Crippen LogP contribution < -0.4 is 0 Å². The molecule has 2 saturated carbocycles. The summed E-state index contributed by atoms with van der Waals surface area (Å²) in [6.45, 7) is 4.32. The normalized spacial score (nSPS) is 43.2. The highest BCUT2D eigenvalue weighted by molar-refractivity contribution is 5.76. The van der Waals surface area contributed by atoms with Gasteiger partial charge in [0.15, 0.2) is 0 Å². The van der Waals surface area contributed by atoms with E-state index in [0.29, 0.717) is 6.61 Å². The molecule has 3 aliphatic rings. The predicted molar refractivity (Wildman–Crippen MR) is 69.7 cm³/mol. The molecular formula is C15H22O5. The van der Waals surface area contributed by atoms with Crippen molar-refractivity contribution in [2.75, 3.05) is 13.7 Å². The van der Waals surface area contributed by atoms with Gasteiger partial charge in [0.25, 0.3) is 0 Å². The third kappa shape index (κ3) is 1.86. The van der Waals surface area contributed by atoms with Gasteiger partial charge in [0.1, 0.15) is 6.10 Å². The molecule has 0 N–H and O–H groups in total. The lowest BCUT2D eigenvalue weighted by Gasteiger charge is -2.35. The maximum absolute atomic E-state index is 12.0. The van der Waals surface area contributed by atoms with Crippen molar-refractivity contribution in [3.05, 3.63) is 0 Å². The van der Waals surface area contributed by atoms with Gasteiger partial charge in [-0.05, 0) is 12.8 Å². The van der Waals surface area contributed by atoms with Gasteiger partial charge in [-0.2, -0.15) is 0 Å². The Morgan fingerprint density at radius 3 is 2.75 bits per heavy atom. The standard InChI is InChI=1S/C15H22O5/c1-4-7(2)14(16)20-13-8-5-9(12(13)18-3)11-10(8)6-19-15(11)17/h7-13H,4-6H2,1-3H3. The molecule has 0 amide bonds. The van der Waals surface area contributed by atoms with Gasteiger partial charge in [-0.25, -0.2) is 0 Å². The van der Waals surface area contributed by atoms with Gasteiger partial charge >= 0.3 is 11.9 Å². The first-order valence-corrected chi connectivity index (χ1v) is 7.48. The highest BCUT2D eigenvalue weighted by atomic mass is 16.6. The van der Waals surface area contributed by atoms with Crippen LogP contribution in [0.3, 0.4) is 0 Å². The number of fused-ring (bicyclic) bond motifs is 5. The molecule has 3 rings (SSSR count). The highest BCUT2D eigenvalue weighted by Crippen LogP contribution is 2.56. The molecular weight excluding hydrogens is 260 g/mol. The van der Waals surface area contributed by atoms with E-state index in [-0.39, 0.29) is 53.7 Å². The molecule has 7 atom stereocenters. The third-order valence-electron chi connectivity index (χ3n) is 5.41. The molecule has 1 saturated heterocycles. The summed E-state index contributed by atoms with van der Waals surface area (Å²) < 4.78 is 16.4. The molecule has 1 aliphatic heterocycles. The Labute approximate surface area is 118 Å². The van der Waals surface area contributed by atoms with E-state index >= 15 is 0 Å². The number of ether oxygens (including phenoxy) is 3. The molecule has 5 nitrogen and oxygen atoms in total. The number of methoxy groups -OCH3 is 1. The smallest absolute Gasteiger partial charge is 0.309 e. The van der Waals surface area contributed by atoms with Crippen LogP contribution in [-0.2, 0) is 23.8 Å². The Kier molecular flexibility index (Phi) is 3.48. The lowest BCUT2D eigenvalue weighted by Crippen LogP contribution is -2.46. The summed E-state index contributed by atoms with van der Waals surface area (Å²) in [6.07, 6.45) is 1.29. The first-order valence-electron chi connectivity index (χ1n) is 7.48. The monoisotopic (exact) mass is 282 g/mol. The number of hydrogen-bond donors (Lipinski definition) is 0. The summed E-state index contributed by atoms with van der Waals surface area (Å²) in [6, 6.07) is 0. The fraction of sp³-hybridized carbons (Fsp3) is 0.867. The van der Waals surface area contributed by atoms with E-state index in [1.807, 2.05) is 13.8 Å². The first-order chi connectivity index (χ1) is 9.58. The highest BCUT2D eigenvalue weighted by Gasteiger charge is 2.65. The Morgan fingerprint density at radius 2 is 2.10 bits per heavy atom. The maximum atomic E-state index is 12.0. The molecule has 7 unspecified atom stereocenters. The molecule has 2 aliphatic carbocycles. The molecule has 0 radical (unpaired) electrons. The van der Waals surface area contributed by atoms with E-state index < -0.39 is 0 Å². The van der Waals surface area contributed by atoms with Crippen molar-refractivity contribution < 1.29 is 23.8 Å². The molecule has 2 bridgehead atoms. The van der Waals surface area contributed by atoms with Crippen LogP contribution in [0.4, 0.5) is 0 Å². The van der Waals surface area contributed by atoms with Crippen LogP contribution in [0.1, 0.15) is 26.7 Å². The zero-order valence-corrected chi connectivity index (χ0v) is 12.2. The van der Waals surface area contributed by atoms with E-state index in [0.717, 1.165) is 12.8 Å². The molecule has 3 fully saturated rings. The number of hydrogen-bond acceptors (Lipinski definition) is 5. The van der Waals surface area contributed by atoms with E-state index in [1.165, 1.54) is 0 Å². The Balaban J connectivity index is 1.76. The van der Waals surface area contributed by atoms with Gasteiger partial charge in [-0.1, -0.05) is 13.8 Å². The van der Waals surface area contributed by atoms with Gasteiger partial charge in [0, 0.05) is 24.9 Å². The van der Waals surface area contributed by atoms with Gasteiger partial charge in [0.2, 0.25) is 0 Å². The lowest BCUT2D eigenvalue weighted by atomic mass is 9.78. The van der Waals surface area contributed by atoms with Crippen molar-refractivity contribution in [2.24, 2.45) is 29.6 Å². The topological polar surface area (TPSA) is 61.8 Å². The van der Waals surface area contributed by atoms with Gasteiger partial charge in [-0.3, -0.25) is 9.59 Å². The quantitative estimate of drug-likeness (QED) is 0.729. The van der Waals surface area contributed by atoms with Crippen LogP contribution in [0, 0.1) is 29.6 Å². The second-order valence-electron chi connectivity index (χ2n) is 6.29. The van der Waals surface area contributed by atoms with Crippen molar-refractivity contribution in [2.45, 2.75) is 38.9 Å². The maximum Gasteiger partial charge on any atom is 0.309 e. The molecule has 0 aromatic carbocycles. The Morgan fingerprint density at radius 1 is 1.35 bits per heavy atom. The average Bonchev–Trinajstić information content (AvgIpc) is 3.09. The number of carbonyl (C=O) groups excluding carboxylic acids is 2. The second kappa shape index (κ2) is 5.02. The molecule has 5 heteroatoms. The summed E-state index contributed by atoms with van der Waals surface area (Å²) in [5, 5.41) is 0. The largest absolute Gasteiger partial charge is 0.465 e. The van der Waals surface area contributed by atoms with Crippen LogP contribution in [0.25, 0.3) is 0 Å². The SMILES string of the molecule is CCC(C)C(=O)OC1C2CC(C1OC)C1C(=O)OCC21. The van der Waals surface area contributed by atoms with Crippen molar-refractivity contribution in [1.29, 1.82) is 0 Å². The number of cyclic esters (lactones) is 1. The molecule has 1 heterocycles. The van der Waals surface area contributed by atoms with Crippen LogP contribution in [0.5, 0.6) is 0 Å². The summed E-state index contributed by atoms with van der Waals surface area (Å²) in [5.74, 6) is 0.139. The van der Waals surface area contributed by atoms with Crippen LogP contribution >= 0.6 is 0 Å². The minimum absolute atomic E-state index is 0.0523. The van der Waals surface area contributed by atoms with Crippen molar-refractivity contribution in [3.8, 4) is 0 Å². The van der Waals surface area contributed by atoms with E-state index in [1.54, 1.807) is 7.11 Å². The fourth-order valence-electron chi connectivity index (χ4n) is 4.15. The summed E-state index contributed by atoms with van der Waals surface area (Å²) in [7, 11) is 1.63. The minimum Gasteiger partial charge on any atom is -0.465 e. The molecule has 0 aromatic rings. The zero-order chi connectivity index (χ0) is 14.4. The van der Waals surface area contributed by atoms with Crippen LogP contribution in [0.2, 0.25) is 0 Å². The van der Waals surface area contributed by atoms with E-state index in [4.69, 9.17) is 14.2 Å². The van der Waals surface area contributed by atoms with E-state index in [2.05, 4.69) is 0 Å². The second-order valence-corrected chi connectivity index (χ2v) is 6.29. The summed E-state index contributed by atoms with van der Waals surface area (Å²) >= 11 is 0. The average molecular weight is 282 g/mol. The molecule has 0 aromatic heterocycles. The molecule has 20 heavy (non-hydrogen) atoms. The fourth-order valence-corrected chi connectivity index (χ4v) is 4.15. The van der Waals surface area contributed by atoms with Crippen LogP contribution in [0.15, 0.2) is 0 Å². The molecule has 112 valence electrons. The number of rotatable bonds is 4. The van der Waals surface area contributed by atoms with Gasteiger partial charge in [-0.15, -0.1) is 0 Å². The summed E-state index contributed by atoms with van der Waals surface area (Å²) in [4.78, 5) is 23.9. The Hall–Kier alpha value is -1.10. The molecule has 0 spiro atoms. The third-order valence-corrected chi connectivity index (χ3v) is 5.41. The van der Waals surface area contributed by atoms with Crippen molar-refractivity contribution >= 4 is 11.9 Å². The predicted octanol–water partition coefficient (Wildman–Crippen LogP) is 1.40. The lowest BCUT2D eigenvalue weighted by molar-refractivity contribution is -0.168. The minimum atomic E-state index is -0.220. The van der Waals surface area contributed by atoms with Crippen molar-refractivity contribution in [3.63, 3.8) is 0 Å². The van der Waals surface area contributed by atoms with Crippen molar-refractivity contribution in [1.82, 2.24) is 0 Å². The summed E-state index contributed by atoms with van der Waals surface area (Å²) in [5.41, 5.74) is 0. The zero-order valence-electron chi connectivity index (χ0n) is 12.2. The number of carbonyl (C=O) groups is 2. The first kappa shape index (κ1) is 13.9. The van der Waals surface area contributed by atoms with Gasteiger partial charge in [0.05, 0.1) is 24.5 Å². The van der Waals surface area contributed by atoms with Gasteiger partial charge < -0.3 is 14.2 Å². The Bertz CT molecular complexity index is 420. The van der Waals surface area contributed by atoms with Crippen LogP contribution in [-0.4, -0.2) is 37.9 Å². The van der Waals surface area contributed by atoms with E-state index in [9.17, 15) is 9.59 Å². The number of esters is 2.